The van der Waals surface area contributed by atoms with Gasteiger partial charge < -0.3 is 9.30 Å². The Morgan fingerprint density at radius 2 is 1.35 bits per heavy atom. The fourth-order valence-electron chi connectivity index (χ4n) is 3.43. The Balaban J connectivity index is 1.69. The number of hydrogen-bond acceptors (Lipinski definition) is 3. The number of aromatic nitrogens is 1. The molecule has 0 spiro atoms. The fourth-order valence-corrected chi connectivity index (χ4v) is 4.51. The van der Waals surface area contributed by atoms with E-state index in [1.54, 1.807) is 0 Å². The topological polar surface area (TPSA) is 31.2 Å². The molecule has 0 aliphatic rings. The minimum atomic E-state index is 0.0662. The van der Waals surface area contributed by atoms with Crippen LogP contribution in [-0.2, 0) is 24.5 Å². The largest absolute Gasteiger partial charge is 0.371 e. The molecule has 3 aromatic carbocycles. The van der Waals surface area contributed by atoms with Gasteiger partial charge in [-0.3, -0.25) is 4.79 Å². The average molecular weight is 428 g/mol. The first-order chi connectivity index (χ1) is 15.2. The number of hydrogen-bond donors (Lipinski definition) is 0. The second-order valence-electron chi connectivity index (χ2n) is 7.42. The Morgan fingerprint density at radius 3 is 2.00 bits per heavy atom. The second-order valence-corrected chi connectivity index (χ2v) is 8.51. The predicted molar refractivity (Wildman–Crippen MR) is 126 cm³/mol. The maximum Gasteiger partial charge on any atom is 0.198 e. The van der Waals surface area contributed by atoms with E-state index >= 15 is 0 Å². The molecule has 0 saturated heterocycles. The summed E-state index contributed by atoms with van der Waals surface area (Å²) in [6, 6.07) is 30.4. The number of nitrogens with zero attached hydrogens (tertiary/aromatic N) is 1. The Morgan fingerprint density at radius 1 is 0.774 bits per heavy atom. The fraction of sp³-hybridized carbons (Fsp3) is 0.148. The van der Waals surface area contributed by atoms with Gasteiger partial charge in [-0.05, 0) is 30.2 Å². The van der Waals surface area contributed by atoms with Crippen molar-refractivity contribution in [3.05, 3.63) is 130 Å². The summed E-state index contributed by atoms with van der Waals surface area (Å²) >= 11 is 1.51. The van der Waals surface area contributed by atoms with Gasteiger partial charge >= 0.3 is 0 Å². The van der Waals surface area contributed by atoms with Crippen LogP contribution in [0.5, 0.6) is 0 Å². The van der Waals surface area contributed by atoms with Crippen LogP contribution in [0.2, 0.25) is 0 Å². The van der Waals surface area contributed by atoms with E-state index in [9.17, 15) is 4.79 Å². The van der Waals surface area contributed by atoms with Gasteiger partial charge in [-0.15, -0.1) is 0 Å². The maximum atomic E-state index is 13.1. The van der Waals surface area contributed by atoms with Crippen LogP contribution >= 0.6 is 11.8 Å². The van der Waals surface area contributed by atoms with Crippen LogP contribution in [0.15, 0.2) is 112 Å². The Labute approximate surface area is 187 Å². The molecule has 1 heterocycles. The second kappa shape index (κ2) is 10.3. The van der Waals surface area contributed by atoms with E-state index in [1.807, 2.05) is 92.0 Å². The monoisotopic (exact) mass is 427 g/mol. The third kappa shape index (κ3) is 5.54. The summed E-state index contributed by atoms with van der Waals surface area (Å²) in [5.41, 5.74) is 4.01. The number of pyridine rings is 1. The van der Waals surface area contributed by atoms with Crippen molar-refractivity contribution in [1.29, 1.82) is 0 Å². The van der Waals surface area contributed by atoms with Crippen molar-refractivity contribution in [3.8, 4) is 0 Å². The van der Waals surface area contributed by atoms with E-state index in [1.165, 1.54) is 17.3 Å². The molecule has 4 rings (SSSR count). The van der Waals surface area contributed by atoms with Crippen molar-refractivity contribution in [2.24, 2.45) is 0 Å². The zero-order valence-electron chi connectivity index (χ0n) is 17.5. The normalized spacial score (nSPS) is 10.9. The van der Waals surface area contributed by atoms with Crippen LogP contribution in [0.3, 0.4) is 0 Å². The molecule has 0 atom stereocenters. The third-order valence-electron chi connectivity index (χ3n) is 5.03. The van der Waals surface area contributed by atoms with E-state index < -0.39 is 0 Å². The summed E-state index contributed by atoms with van der Waals surface area (Å²) < 4.78 is 8.24. The van der Waals surface area contributed by atoms with Gasteiger partial charge in [0.15, 0.2) is 5.43 Å². The number of ether oxygens (including phenoxy) is 1. The van der Waals surface area contributed by atoms with Crippen LogP contribution < -0.4 is 5.43 Å². The van der Waals surface area contributed by atoms with Gasteiger partial charge in [0.25, 0.3) is 0 Å². The van der Waals surface area contributed by atoms with Crippen LogP contribution in [0.4, 0.5) is 0 Å². The molecule has 0 aliphatic carbocycles. The minimum absolute atomic E-state index is 0.0662. The first-order valence-corrected chi connectivity index (χ1v) is 11.1. The molecule has 31 heavy (non-hydrogen) atoms. The molecule has 0 aliphatic heterocycles. The third-order valence-corrected chi connectivity index (χ3v) is 6.16. The van der Waals surface area contributed by atoms with E-state index in [0.29, 0.717) is 19.8 Å². The molecular weight excluding hydrogens is 402 g/mol. The molecule has 0 unspecified atom stereocenters. The van der Waals surface area contributed by atoms with E-state index in [0.717, 1.165) is 26.6 Å². The SMILES string of the molecule is Cc1cn(Cc2ccccc2)c(COCc2ccccc2)c(Sc2ccccc2)c1=O. The Kier molecular flexibility index (Phi) is 7.03. The summed E-state index contributed by atoms with van der Waals surface area (Å²) in [4.78, 5) is 14.9. The molecule has 1 aromatic heterocycles. The van der Waals surface area contributed by atoms with Crippen LogP contribution in [0, 0.1) is 6.92 Å². The molecule has 4 heteroatoms. The zero-order valence-corrected chi connectivity index (χ0v) is 18.3. The number of rotatable bonds is 8. The molecule has 0 N–H and O–H groups in total. The summed E-state index contributed by atoms with van der Waals surface area (Å²) in [6.45, 7) is 3.44. The van der Waals surface area contributed by atoms with Crippen molar-refractivity contribution >= 4 is 11.8 Å². The highest BCUT2D eigenvalue weighted by Crippen LogP contribution is 2.29. The van der Waals surface area contributed by atoms with E-state index in [2.05, 4.69) is 16.7 Å². The van der Waals surface area contributed by atoms with Gasteiger partial charge in [0.05, 0.1) is 23.8 Å². The van der Waals surface area contributed by atoms with Crippen molar-refractivity contribution in [1.82, 2.24) is 4.57 Å². The van der Waals surface area contributed by atoms with Gasteiger partial charge in [0.1, 0.15) is 0 Å². The highest BCUT2D eigenvalue weighted by Gasteiger charge is 2.16. The summed E-state index contributed by atoms with van der Waals surface area (Å²) in [5.74, 6) is 0. The lowest BCUT2D eigenvalue weighted by Gasteiger charge is -2.19. The summed E-state index contributed by atoms with van der Waals surface area (Å²) in [5, 5.41) is 0. The molecule has 0 radical (unpaired) electrons. The van der Waals surface area contributed by atoms with Gasteiger partial charge in [0, 0.05) is 23.2 Å². The average Bonchev–Trinajstić information content (AvgIpc) is 2.81. The number of benzene rings is 3. The van der Waals surface area contributed by atoms with Crippen molar-refractivity contribution < 1.29 is 4.74 Å². The van der Waals surface area contributed by atoms with E-state index in [-0.39, 0.29) is 5.43 Å². The van der Waals surface area contributed by atoms with Crippen molar-refractivity contribution in [2.75, 3.05) is 0 Å². The molecule has 3 nitrogen and oxygen atoms in total. The van der Waals surface area contributed by atoms with Crippen LogP contribution in [0.1, 0.15) is 22.4 Å². The van der Waals surface area contributed by atoms with Crippen LogP contribution in [0.25, 0.3) is 0 Å². The zero-order chi connectivity index (χ0) is 21.5. The van der Waals surface area contributed by atoms with Crippen LogP contribution in [-0.4, -0.2) is 4.57 Å². The van der Waals surface area contributed by atoms with E-state index in [4.69, 9.17) is 4.74 Å². The summed E-state index contributed by atoms with van der Waals surface area (Å²) in [7, 11) is 0. The quantitative estimate of drug-likeness (QED) is 0.342. The van der Waals surface area contributed by atoms with Gasteiger partial charge in [-0.2, -0.15) is 0 Å². The molecule has 0 bridgehead atoms. The molecule has 0 amide bonds. The lowest BCUT2D eigenvalue weighted by molar-refractivity contribution is 0.0998. The molecular formula is C27H25NO2S. The number of aryl methyl sites for hydroxylation is 1. The Bertz CT molecular complexity index is 1170. The maximum absolute atomic E-state index is 13.1. The van der Waals surface area contributed by atoms with Crippen molar-refractivity contribution in [3.63, 3.8) is 0 Å². The highest BCUT2D eigenvalue weighted by molar-refractivity contribution is 7.99. The molecule has 156 valence electrons. The van der Waals surface area contributed by atoms with Crippen molar-refractivity contribution in [2.45, 2.75) is 36.5 Å². The first kappa shape index (κ1) is 21.2. The van der Waals surface area contributed by atoms with Gasteiger partial charge in [-0.1, -0.05) is 90.6 Å². The molecule has 0 fully saturated rings. The predicted octanol–water partition coefficient (Wildman–Crippen LogP) is 6.07. The summed E-state index contributed by atoms with van der Waals surface area (Å²) in [6.07, 6.45) is 1.95. The lowest BCUT2D eigenvalue weighted by Crippen LogP contribution is -2.20. The molecule has 4 aromatic rings. The first-order valence-electron chi connectivity index (χ1n) is 10.3. The van der Waals surface area contributed by atoms with Gasteiger partial charge in [0.2, 0.25) is 0 Å². The lowest BCUT2D eigenvalue weighted by atomic mass is 10.2. The smallest absolute Gasteiger partial charge is 0.198 e. The minimum Gasteiger partial charge on any atom is -0.371 e. The standard InChI is InChI=1S/C27H25NO2S/c1-21-17-28(18-22-11-5-2-6-12-22)25(20-30-19-23-13-7-3-8-14-23)27(26(21)29)31-24-15-9-4-10-16-24/h2-17H,18-20H2,1H3. The molecule has 0 saturated carbocycles. The highest BCUT2D eigenvalue weighted by atomic mass is 32.2. The Hall–Kier alpha value is -3.08. The van der Waals surface area contributed by atoms with Gasteiger partial charge in [-0.25, -0.2) is 0 Å².